The third-order valence-electron chi connectivity index (χ3n) is 1.50. The Kier molecular flexibility index (Phi) is 2.51. The van der Waals surface area contributed by atoms with E-state index in [0.29, 0.717) is 5.75 Å². The van der Waals surface area contributed by atoms with Gasteiger partial charge in [0.25, 0.3) is 0 Å². The molecule has 0 amide bonds. The van der Waals surface area contributed by atoms with Gasteiger partial charge in [-0.05, 0) is 6.92 Å². The fourth-order valence-corrected chi connectivity index (χ4v) is 1.74. The summed E-state index contributed by atoms with van der Waals surface area (Å²) in [7, 11) is 0. The molecule has 1 saturated heterocycles. The van der Waals surface area contributed by atoms with Crippen molar-refractivity contribution in [3.8, 4) is 0 Å². The van der Waals surface area contributed by atoms with Crippen molar-refractivity contribution in [2.75, 3.05) is 5.75 Å². The average molecular weight is 175 g/mol. The fourth-order valence-electron chi connectivity index (χ4n) is 0.851. The molecular formula is C6H9NO3S. The highest BCUT2D eigenvalue weighted by Crippen LogP contribution is 2.14. The SMILES string of the molecule is CC1NC(C(=O)O)CSC1=O. The largest absolute Gasteiger partial charge is 0.480 e. The van der Waals surface area contributed by atoms with Crippen LogP contribution < -0.4 is 5.32 Å². The van der Waals surface area contributed by atoms with E-state index in [0.717, 1.165) is 11.8 Å². The van der Waals surface area contributed by atoms with E-state index in [1.807, 2.05) is 0 Å². The normalized spacial score (nSPS) is 31.9. The van der Waals surface area contributed by atoms with Crippen LogP contribution in [0, 0.1) is 0 Å². The molecule has 11 heavy (non-hydrogen) atoms. The molecule has 1 aliphatic heterocycles. The minimum absolute atomic E-state index is 0.0162. The number of aliphatic carboxylic acids is 1. The van der Waals surface area contributed by atoms with Crippen LogP contribution in [-0.2, 0) is 9.59 Å². The first kappa shape index (κ1) is 8.55. The lowest BCUT2D eigenvalue weighted by molar-refractivity contribution is -0.139. The Bertz CT molecular complexity index is 194. The van der Waals surface area contributed by atoms with Crippen LogP contribution in [-0.4, -0.2) is 34.0 Å². The van der Waals surface area contributed by atoms with Gasteiger partial charge < -0.3 is 5.11 Å². The molecule has 2 atom stereocenters. The molecule has 0 saturated carbocycles. The summed E-state index contributed by atoms with van der Waals surface area (Å²) in [4.78, 5) is 21.3. The summed E-state index contributed by atoms with van der Waals surface area (Å²) >= 11 is 1.08. The molecule has 4 nitrogen and oxygen atoms in total. The number of hydrogen-bond donors (Lipinski definition) is 2. The second-order valence-corrected chi connectivity index (χ2v) is 3.43. The number of hydrogen-bond acceptors (Lipinski definition) is 4. The van der Waals surface area contributed by atoms with E-state index >= 15 is 0 Å². The van der Waals surface area contributed by atoms with Crippen LogP contribution >= 0.6 is 11.8 Å². The predicted octanol–water partition coefficient (Wildman–Crippen LogP) is -0.309. The third kappa shape index (κ3) is 1.94. The standard InChI is InChI=1S/C6H9NO3S/c1-3-6(10)11-2-4(7-3)5(8)9/h3-4,7H,2H2,1H3,(H,8,9). The van der Waals surface area contributed by atoms with Crippen LogP contribution in [0.25, 0.3) is 0 Å². The third-order valence-corrected chi connectivity index (χ3v) is 2.63. The van der Waals surface area contributed by atoms with E-state index in [-0.39, 0.29) is 11.2 Å². The van der Waals surface area contributed by atoms with Gasteiger partial charge in [0.05, 0.1) is 6.04 Å². The molecule has 1 rings (SSSR count). The van der Waals surface area contributed by atoms with Gasteiger partial charge in [-0.2, -0.15) is 0 Å². The number of carbonyl (C=O) groups excluding carboxylic acids is 1. The second kappa shape index (κ2) is 3.23. The summed E-state index contributed by atoms with van der Waals surface area (Å²) in [5, 5.41) is 11.3. The maximum atomic E-state index is 10.9. The summed E-state index contributed by atoms with van der Waals surface area (Å²) in [6.07, 6.45) is 0. The van der Waals surface area contributed by atoms with Gasteiger partial charge in [-0.25, -0.2) is 0 Å². The van der Waals surface area contributed by atoms with Crippen LogP contribution in [0.5, 0.6) is 0 Å². The molecule has 0 radical (unpaired) electrons. The molecule has 0 aromatic rings. The lowest BCUT2D eigenvalue weighted by Gasteiger charge is -2.23. The maximum Gasteiger partial charge on any atom is 0.321 e. The van der Waals surface area contributed by atoms with Crippen molar-refractivity contribution in [1.82, 2.24) is 5.32 Å². The van der Waals surface area contributed by atoms with E-state index < -0.39 is 12.0 Å². The van der Waals surface area contributed by atoms with Crippen molar-refractivity contribution >= 4 is 22.8 Å². The van der Waals surface area contributed by atoms with Crippen molar-refractivity contribution < 1.29 is 14.7 Å². The number of carboxylic acids is 1. The van der Waals surface area contributed by atoms with E-state index in [9.17, 15) is 9.59 Å². The summed E-state index contributed by atoms with van der Waals surface area (Å²) in [5.74, 6) is -0.560. The molecule has 62 valence electrons. The van der Waals surface area contributed by atoms with Gasteiger partial charge in [0.2, 0.25) is 5.12 Å². The van der Waals surface area contributed by atoms with E-state index in [4.69, 9.17) is 5.11 Å². The number of thioether (sulfide) groups is 1. The Morgan fingerprint density at radius 2 is 2.45 bits per heavy atom. The highest BCUT2D eigenvalue weighted by atomic mass is 32.2. The molecule has 0 bridgehead atoms. The zero-order valence-electron chi connectivity index (χ0n) is 6.03. The molecule has 2 N–H and O–H groups in total. The molecule has 0 aliphatic carbocycles. The Labute approximate surface area is 68.3 Å². The first-order valence-electron chi connectivity index (χ1n) is 3.26. The first-order chi connectivity index (χ1) is 5.11. The Balaban J connectivity index is 2.52. The van der Waals surface area contributed by atoms with Crippen LogP contribution in [0.1, 0.15) is 6.92 Å². The van der Waals surface area contributed by atoms with Crippen molar-refractivity contribution in [3.63, 3.8) is 0 Å². The number of carboxylic acid groups (broad SMARTS) is 1. The smallest absolute Gasteiger partial charge is 0.321 e. The summed E-state index contributed by atoms with van der Waals surface area (Å²) < 4.78 is 0. The lowest BCUT2D eigenvalue weighted by Crippen LogP contribution is -2.50. The van der Waals surface area contributed by atoms with Crippen molar-refractivity contribution in [2.24, 2.45) is 0 Å². The summed E-state index contributed by atoms with van der Waals surface area (Å²) in [6.45, 7) is 1.67. The quantitative estimate of drug-likeness (QED) is 0.572. The van der Waals surface area contributed by atoms with Gasteiger partial charge in [-0.3, -0.25) is 14.9 Å². The molecule has 0 aromatic heterocycles. The van der Waals surface area contributed by atoms with Gasteiger partial charge in [-0.1, -0.05) is 11.8 Å². The highest BCUT2D eigenvalue weighted by molar-refractivity contribution is 8.13. The molecule has 2 unspecified atom stereocenters. The molecular weight excluding hydrogens is 166 g/mol. The Hall–Kier alpha value is -0.550. The monoisotopic (exact) mass is 175 g/mol. The Morgan fingerprint density at radius 3 is 2.91 bits per heavy atom. The lowest BCUT2D eigenvalue weighted by atomic mass is 10.2. The van der Waals surface area contributed by atoms with Crippen LogP contribution in [0.4, 0.5) is 0 Å². The number of rotatable bonds is 1. The van der Waals surface area contributed by atoms with Gasteiger partial charge in [0.1, 0.15) is 6.04 Å². The fraction of sp³-hybridized carbons (Fsp3) is 0.667. The van der Waals surface area contributed by atoms with E-state index in [1.165, 1.54) is 0 Å². The minimum Gasteiger partial charge on any atom is -0.480 e. The molecule has 0 aromatic carbocycles. The molecule has 5 heteroatoms. The number of carbonyl (C=O) groups is 2. The summed E-state index contributed by atoms with van der Waals surface area (Å²) in [5.41, 5.74) is 0. The zero-order valence-corrected chi connectivity index (χ0v) is 6.85. The van der Waals surface area contributed by atoms with E-state index in [2.05, 4.69) is 5.32 Å². The predicted molar refractivity (Wildman–Crippen MR) is 41.5 cm³/mol. The van der Waals surface area contributed by atoms with Gasteiger partial charge in [0, 0.05) is 5.75 Å². The van der Waals surface area contributed by atoms with Crippen molar-refractivity contribution in [2.45, 2.75) is 19.0 Å². The van der Waals surface area contributed by atoms with Gasteiger partial charge >= 0.3 is 5.97 Å². The van der Waals surface area contributed by atoms with Gasteiger partial charge in [0.15, 0.2) is 0 Å². The molecule has 1 fully saturated rings. The first-order valence-corrected chi connectivity index (χ1v) is 4.25. The molecule has 1 aliphatic rings. The minimum atomic E-state index is -0.892. The van der Waals surface area contributed by atoms with E-state index in [1.54, 1.807) is 6.92 Å². The topological polar surface area (TPSA) is 66.4 Å². The second-order valence-electron chi connectivity index (χ2n) is 2.41. The van der Waals surface area contributed by atoms with Crippen molar-refractivity contribution in [1.29, 1.82) is 0 Å². The maximum absolute atomic E-state index is 10.9. The van der Waals surface area contributed by atoms with Crippen LogP contribution in [0.3, 0.4) is 0 Å². The molecule has 1 heterocycles. The highest BCUT2D eigenvalue weighted by Gasteiger charge is 2.29. The molecule has 0 spiro atoms. The zero-order chi connectivity index (χ0) is 8.43. The van der Waals surface area contributed by atoms with Crippen molar-refractivity contribution in [3.05, 3.63) is 0 Å². The van der Waals surface area contributed by atoms with Crippen LogP contribution in [0.2, 0.25) is 0 Å². The summed E-state index contributed by atoms with van der Waals surface area (Å²) in [6, 6.07) is -0.914. The van der Waals surface area contributed by atoms with Crippen LogP contribution in [0.15, 0.2) is 0 Å². The Morgan fingerprint density at radius 1 is 1.82 bits per heavy atom. The number of nitrogens with one attached hydrogen (secondary N) is 1. The van der Waals surface area contributed by atoms with Gasteiger partial charge in [-0.15, -0.1) is 0 Å². The average Bonchev–Trinajstić information content (AvgIpc) is 1.94.